The van der Waals surface area contributed by atoms with Gasteiger partial charge in [0.1, 0.15) is 6.73 Å². The van der Waals surface area contributed by atoms with E-state index in [0.717, 1.165) is 27.3 Å². The Morgan fingerprint density at radius 1 is 0.559 bits per heavy atom. The van der Waals surface area contributed by atoms with Gasteiger partial charge >= 0.3 is 8.80 Å². The summed E-state index contributed by atoms with van der Waals surface area (Å²) in [6, 6.07) is 39.5. The van der Waals surface area contributed by atoms with E-state index in [0.29, 0.717) is 0 Å². The van der Waals surface area contributed by atoms with E-state index in [9.17, 15) is 0 Å². The van der Waals surface area contributed by atoms with E-state index in [4.69, 9.17) is 13.3 Å². The Bertz CT molecular complexity index is 1310. The predicted octanol–water partition coefficient (Wildman–Crippen LogP) is 6.24. The highest BCUT2D eigenvalue weighted by Gasteiger charge is 2.42. The second-order valence-electron chi connectivity index (χ2n) is 8.03. The highest BCUT2D eigenvalue weighted by Crippen LogP contribution is 2.36. The molecule has 5 heteroatoms. The molecule has 0 saturated heterocycles. The van der Waals surface area contributed by atoms with E-state index in [1.165, 1.54) is 10.8 Å². The van der Waals surface area contributed by atoms with Crippen molar-refractivity contribution >= 4 is 46.9 Å². The zero-order valence-corrected chi connectivity index (χ0v) is 20.3. The molecule has 0 radical (unpaired) electrons. The normalized spacial score (nSPS) is 11.7. The molecule has 0 aromatic heterocycles. The first-order chi connectivity index (χ1) is 16.8. The molecular weight excluding hydrogens is 438 g/mol. The van der Waals surface area contributed by atoms with E-state index in [1.54, 1.807) is 14.2 Å². The minimum absolute atomic E-state index is 0.269. The Labute approximate surface area is 201 Å². The van der Waals surface area contributed by atoms with Crippen LogP contribution in [0, 0.1) is 0 Å². The van der Waals surface area contributed by atoms with Crippen molar-refractivity contribution in [2.24, 2.45) is 0 Å². The summed E-state index contributed by atoms with van der Waals surface area (Å²) in [5.41, 5.74) is 2.13. The molecule has 0 amide bonds. The maximum atomic E-state index is 6.60. The van der Waals surface area contributed by atoms with Crippen molar-refractivity contribution in [3.05, 3.63) is 115 Å². The van der Waals surface area contributed by atoms with Crippen molar-refractivity contribution < 1.29 is 13.3 Å². The Kier molecular flexibility index (Phi) is 6.43. The zero-order valence-electron chi connectivity index (χ0n) is 19.3. The maximum absolute atomic E-state index is 6.60. The summed E-state index contributed by atoms with van der Waals surface area (Å²) in [5.74, 6) is 0. The molecule has 4 nitrogen and oxygen atoms in total. The molecule has 0 atom stereocenters. The summed E-state index contributed by atoms with van der Waals surface area (Å²) >= 11 is 0. The van der Waals surface area contributed by atoms with Gasteiger partial charge in [-0.05, 0) is 22.9 Å². The van der Waals surface area contributed by atoms with Gasteiger partial charge < -0.3 is 18.2 Å². The third-order valence-electron chi connectivity index (χ3n) is 6.16. The SMILES string of the molecule is CO[Si](OC)(OCN(c1cccc2ccccc12)c1cccc2ccccc12)c1ccccc1. The molecule has 0 saturated carbocycles. The van der Waals surface area contributed by atoms with E-state index in [1.807, 2.05) is 30.3 Å². The third kappa shape index (κ3) is 4.11. The molecule has 34 heavy (non-hydrogen) atoms. The first kappa shape index (κ1) is 22.3. The number of hydrogen-bond donors (Lipinski definition) is 0. The number of fused-ring (bicyclic) bond motifs is 2. The predicted molar refractivity (Wildman–Crippen MR) is 142 cm³/mol. The van der Waals surface area contributed by atoms with Crippen molar-refractivity contribution in [2.75, 3.05) is 25.9 Å². The zero-order chi connectivity index (χ0) is 23.4. The average Bonchev–Trinajstić information content (AvgIpc) is 2.92. The molecule has 0 spiro atoms. The van der Waals surface area contributed by atoms with E-state index < -0.39 is 8.80 Å². The Hall–Kier alpha value is -3.48. The Morgan fingerprint density at radius 3 is 1.56 bits per heavy atom. The van der Waals surface area contributed by atoms with Crippen LogP contribution in [0.4, 0.5) is 11.4 Å². The van der Waals surface area contributed by atoms with Crippen LogP contribution in [0.15, 0.2) is 115 Å². The van der Waals surface area contributed by atoms with E-state index in [2.05, 4.69) is 89.8 Å². The van der Waals surface area contributed by atoms with E-state index >= 15 is 0 Å². The topological polar surface area (TPSA) is 30.9 Å². The number of hydrogen-bond acceptors (Lipinski definition) is 4. The van der Waals surface area contributed by atoms with Crippen LogP contribution < -0.4 is 10.1 Å². The highest BCUT2D eigenvalue weighted by molar-refractivity contribution is 6.75. The van der Waals surface area contributed by atoms with Crippen LogP contribution in [0.5, 0.6) is 0 Å². The van der Waals surface area contributed by atoms with Gasteiger partial charge in [-0.1, -0.05) is 103 Å². The highest BCUT2D eigenvalue weighted by atomic mass is 28.4. The quantitative estimate of drug-likeness (QED) is 0.200. The molecule has 0 bridgehead atoms. The van der Waals surface area contributed by atoms with Crippen LogP contribution in [0.1, 0.15) is 0 Å². The molecular formula is C29H27NO3Si. The molecule has 0 aliphatic heterocycles. The van der Waals surface area contributed by atoms with Crippen LogP contribution in [-0.4, -0.2) is 29.8 Å². The minimum Gasteiger partial charge on any atom is -0.373 e. The third-order valence-corrected chi connectivity index (χ3v) is 8.79. The molecule has 170 valence electrons. The fraction of sp³-hybridized carbons (Fsp3) is 0.103. The monoisotopic (exact) mass is 465 g/mol. The van der Waals surface area contributed by atoms with Crippen LogP contribution in [0.25, 0.3) is 21.5 Å². The largest absolute Gasteiger partial charge is 0.538 e. The van der Waals surface area contributed by atoms with Gasteiger partial charge in [0.2, 0.25) is 0 Å². The first-order valence-electron chi connectivity index (χ1n) is 11.3. The van der Waals surface area contributed by atoms with Crippen molar-refractivity contribution in [1.82, 2.24) is 0 Å². The van der Waals surface area contributed by atoms with Gasteiger partial charge in [-0.3, -0.25) is 0 Å². The van der Waals surface area contributed by atoms with Gasteiger partial charge in [0.05, 0.1) is 11.4 Å². The summed E-state index contributed by atoms with van der Waals surface area (Å²) in [6.45, 7) is 0.269. The summed E-state index contributed by atoms with van der Waals surface area (Å²) in [5, 5.41) is 5.59. The van der Waals surface area contributed by atoms with Gasteiger partial charge in [-0.15, -0.1) is 0 Å². The van der Waals surface area contributed by atoms with Crippen LogP contribution in [-0.2, 0) is 13.3 Å². The summed E-state index contributed by atoms with van der Waals surface area (Å²) in [7, 11) is 0.187. The van der Waals surface area contributed by atoms with Crippen LogP contribution >= 0.6 is 0 Å². The van der Waals surface area contributed by atoms with Crippen molar-refractivity contribution in [2.45, 2.75) is 0 Å². The number of nitrogens with zero attached hydrogens (tertiary/aromatic N) is 1. The average molecular weight is 466 g/mol. The number of benzene rings is 5. The van der Waals surface area contributed by atoms with Crippen molar-refractivity contribution in [3.8, 4) is 0 Å². The van der Waals surface area contributed by atoms with Crippen LogP contribution in [0.2, 0.25) is 0 Å². The second-order valence-corrected chi connectivity index (χ2v) is 10.8. The fourth-order valence-corrected chi connectivity index (χ4v) is 6.41. The van der Waals surface area contributed by atoms with Gasteiger partial charge in [-0.2, -0.15) is 0 Å². The first-order valence-corrected chi connectivity index (χ1v) is 13.0. The van der Waals surface area contributed by atoms with Gasteiger partial charge in [-0.25, -0.2) is 0 Å². The standard InChI is InChI=1S/C29H27NO3Si/c1-31-34(32-2,25-16-4-3-5-17-25)33-22-30(28-20-10-14-23-12-6-8-18-26(23)28)29-21-11-15-24-13-7-9-19-27(24)29/h3-21H,22H2,1-2H3. The minimum atomic E-state index is -3.12. The molecule has 0 aliphatic carbocycles. The van der Waals surface area contributed by atoms with Gasteiger partial charge in [0.25, 0.3) is 0 Å². The molecule has 0 N–H and O–H groups in total. The Morgan fingerprint density at radius 2 is 1.03 bits per heavy atom. The summed E-state index contributed by atoms with van der Waals surface area (Å²) < 4.78 is 18.5. The summed E-state index contributed by atoms with van der Waals surface area (Å²) in [6.07, 6.45) is 0. The lowest BCUT2D eigenvalue weighted by atomic mass is 10.1. The fourth-order valence-electron chi connectivity index (χ4n) is 4.47. The molecule has 0 aliphatic rings. The van der Waals surface area contributed by atoms with Gasteiger partial charge in [0, 0.05) is 30.2 Å². The number of anilines is 2. The molecule has 0 fully saturated rings. The number of rotatable bonds is 8. The van der Waals surface area contributed by atoms with Gasteiger partial charge in [0.15, 0.2) is 0 Å². The lowest BCUT2D eigenvalue weighted by Crippen LogP contribution is -2.56. The summed E-state index contributed by atoms with van der Waals surface area (Å²) in [4.78, 5) is 2.22. The lowest BCUT2D eigenvalue weighted by Gasteiger charge is -2.32. The maximum Gasteiger partial charge on any atom is 0.538 e. The molecule has 5 rings (SSSR count). The smallest absolute Gasteiger partial charge is 0.373 e. The van der Waals surface area contributed by atoms with Crippen molar-refractivity contribution in [1.29, 1.82) is 0 Å². The lowest BCUT2D eigenvalue weighted by molar-refractivity contribution is 0.116. The second kappa shape index (κ2) is 9.79. The molecule has 0 heterocycles. The molecule has 5 aromatic carbocycles. The Balaban J connectivity index is 1.64. The molecule has 5 aromatic rings. The molecule has 0 unspecified atom stereocenters. The van der Waals surface area contributed by atoms with Crippen molar-refractivity contribution in [3.63, 3.8) is 0 Å². The van der Waals surface area contributed by atoms with E-state index in [-0.39, 0.29) is 6.73 Å². The van der Waals surface area contributed by atoms with Crippen LogP contribution in [0.3, 0.4) is 0 Å².